The van der Waals surface area contributed by atoms with Gasteiger partial charge in [-0.1, -0.05) is 25.5 Å². The van der Waals surface area contributed by atoms with Gasteiger partial charge in [-0.15, -0.1) is 0 Å². The number of benzene rings is 1. The van der Waals surface area contributed by atoms with Crippen molar-refractivity contribution >= 4 is 11.7 Å². The summed E-state index contributed by atoms with van der Waals surface area (Å²) in [6, 6.07) is 6.69. The molecule has 25 heavy (non-hydrogen) atoms. The molecule has 4 saturated carbocycles. The van der Waals surface area contributed by atoms with Crippen LogP contribution in [0.3, 0.4) is 0 Å². The molecule has 1 aromatic rings. The average Bonchev–Trinajstić information content (AvgIpc) is 2.55. The third-order valence-electron chi connectivity index (χ3n) is 6.94. The van der Waals surface area contributed by atoms with Gasteiger partial charge in [0.25, 0.3) is 0 Å². The second-order valence-corrected chi connectivity index (χ2v) is 8.96. The predicted molar refractivity (Wildman–Crippen MR) is 103 cm³/mol. The number of rotatable bonds is 5. The Bertz CT molecular complexity index is 616. The van der Waals surface area contributed by atoms with Crippen LogP contribution in [0.25, 0.3) is 0 Å². The summed E-state index contributed by atoms with van der Waals surface area (Å²) < 4.78 is 0. The molecule has 0 unspecified atom stereocenters. The third kappa shape index (κ3) is 3.30. The van der Waals surface area contributed by atoms with Crippen LogP contribution >= 0.6 is 0 Å². The molecule has 4 aliphatic carbocycles. The first-order valence-electron chi connectivity index (χ1n) is 10.2. The fraction of sp³-hybridized carbons (Fsp3) is 0.682. The molecule has 1 aromatic carbocycles. The van der Waals surface area contributed by atoms with E-state index in [1.807, 2.05) is 0 Å². The molecule has 0 atom stereocenters. The number of hydrogen-bond donors (Lipinski definition) is 2. The number of carbonyl (C=O) groups is 1. The van der Waals surface area contributed by atoms with Gasteiger partial charge in [-0.05, 0) is 92.2 Å². The highest BCUT2D eigenvalue weighted by Gasteiger charge is 2.51. The minimum atomic E-state index is -0.0842. The summed E-state index contributed by atoms with van der Waals surface area (Å²) in [5.41, 5.74) is 4.10. The summed E-state index contributed by atoms with van der Waals surface area (Å²) in [7, 11) is 0. The Morgan fingerprint density at radius 1 is 1.12 bits per heavy atom. The Morgan fingerprint density at radius 3 is 2.32 bits per heavy atom. The summed E-state index contributed by atoms with van der Waals surface area (Å²) in [5, 5.41) is 5.95. The first-order chi connectivity index (χ1) is 12.1. The first kappa shape index (κ1) is 16.9. The molecule has 0 radical (unpaired) electrons. The van der Waals surface area contributed by atoms with Crippen molar-refractivity contribution in [1.29, 1.82) is 0 Å². The molecule has 0 heterocycles. The van der Waals surface area contributed by atoms with Gasteiger partial charge in [0.1, 0.15) is 0 Å². The maximum absolute atomic E-state index is 12.0. The Hall–Kier alpha value is -1.51. The minimum absolute atomic E-state index is 0.0842. The van der Waals surface area contributed by atoms with Gasteiger partial charge in [0, 0.05) is 12.2 Å². The molecule has 4 aliphatic rings. The van der Waals surface area contributed by atoms with Crippen molar-refractivity contribution in [3.05, 3.63) is 29.3 Å². The van der Waals surface area contributed by atoms with E-state index in [0.717, 1.165) is 42.8 Å². The zero-order valence-corrected chi connectivity index (χ0v) is 15.7. The second-order valence-electron chi connectivity index (χ2n) is 8.96. The lowest BCUT2D eigenvalue weighted by atomic mass is 9.48. The van der Waals surface area contributed by atoms with Crippen molar-refractivity contribution in [2.45, 2.75) is 70.6 Å². The minimum Gasteiger partial charge on any atom is -0.338 e. The van der Waals surface area contributed by atoms with Crippen LogP contribution < -0.4 is 10.6 Å². The zero-order chi connectivity index (χ0) is 17.4. The normalized spacial score (nSPS) is 32.6. The lowest BCUT2D eigenvalue weighted by Crippen LogP contribution is -2.48. The van der Waals surface area contributed by atoms with Crippen molar-refractivity contribution in [3.8, 4) is 0 Å². The van der Waals surface area contributed by atoms with Crippen LogP contribution in [0.2, 0.25) is 0 Å². The average molecular weight is 341 g/mol. The zero-order valence-electron chi connectivity index (χ0n) is 15.7. The molecular formula is C22H32N2O. The third-order valence-corrected chi connectivity index (χ3v) is 6.94. The lowest BCUT2D eigenvalue weighted by Gasteiger charge is -2.57. The molecular weight excluding hydrogens is 308 g/mol. The highest BCUT2D eigenvalue weighted by Crippen LogP contribution is 2.60. The van der Waals surface area contributed by atoms with Crippen molar-refractivity contribution < 1.29 is 4.79 Å². The van der Waals surface area contributed by atoms with Crippen LogP contribution in [0.4, 0.5) is 10.5 Å². The molecule has 4 fully saturated rings. The smallest absolute Gasteiger partial charge is 0.319 e. The van der Waals surface area contributed by atoms with E-state index in [1.165, 1.54) is 49.7 Å². The number of nitrogens with one attached hydrogen (secondary N) is 2. The Kier molecular flexibility index (Phi) is 4.51. The standard InChI is InChI=1S/C22H32N2O/c1-3-4-7-23-21(25)24-20-6-5-19(8-15(20)2)22-12-16-9-17(13-22)11-18(10-16)14-22/h5-6,8,16-18H,3-4,7,9-14H2,1-2H3,(H2,23,24,25). The number of carbonyl (C=O) groups excluding carboxylic acids is 1. The molecule has 0 saturated heterocycles. The molecule has 0 spiro atoms. The van der Waals surface area contributed by atoms with Crippen molar-refractivity contribution in [3.63, 3.8) is 0 Å². The maximum atomic E-state index is 12.0. The fourth-order valence-electron chi connectivity index (χ4n) is 6.14. The van der Waals surface area contributed by atoms with Gasteiger partial charge in [-0.2, -0.15) is 0 Å². The van der Waals surface area contributed by atoms with Crippen molar-refractivity contribution in [2.75, 3.05) is 11.9 Å². The van der Waals surface area contributed by atoms with Crippen LogP contribution in [0, 0.1) is 24.7 Å². The molecule has 3 heteroatoms. The van der Waals surface area contributed by atoms with E-state index in [9.17, 15) is 4.79 Å². The number of unbranched alkanes of at least 4 members (excludes halogenated alkanes) is 1. The van der Waals surface area contributed by atoms with Gasteiger partial charge < -0.3 is 10.6 Å². The molecule has 136 valence electrons. The molecule has 0 aromatic heterocycles. The van der Waals surface area contributed by atoms with E-state index in [4.69, 9.17) is 0 Å². The number of anilines is 1. The van der Waals surface area contributed by atoms with E-state index < -0.39 is 0 Å². The summed E-state index contributed by atoms with van der Waals surface area (Å²) in [6.07, 6.45) is 10.7. The van der Waals surface area contributed by atoms with Gasteiger partial charge in [0.2, 0.25) is 0 Å². The van der Waals surface area contributed by atoms with Gasteiger partial charge in [0.15, 0.2) is 0 Å². The number of urea groups is 1. The lowest BCUT2D eigenvalue weighted by molar-refractivity contribution is -0.00520. The monoisotopic (exact) mass is 340 g/mol. The Balaban J connectivity index is 1.48. The summed E-state index contributed by atoms with van der Waals surface area (Å²) in [5.74, 6) is 2.90. The van der Waals surface area contributed by atoms with E-state index >= 15 is 0 Å². The van der Waals surface area contributed by atoms with E-state index in [2.05, 4.69) is 42.7 Å². The fourth-order valence-corrected chi connectivity index (χ4v) is 6.14. The highest BCUT2D eigenvalue weighted by atomic mass is 16.2. The Labute approximate surface area is 152 Å². The molecule has 4 bridgehead atoms. The van der Waals surface area contributed by atoms with Crippen LogP contribution in [-0.2, 0) is 5.41 Å². The SMILES string of the molecule is CCCCNC(=O)Nc1ccc(C23CC4CC(CC(C4)C2)C3)cc1C. The van der Waals surface area contributed by atoms with Gasteiger partial charge in [-0.3, -0.25) is 0 Å². The molecule has 2 amide bonds. The first-order valence-corrected chi connectivity index (χ1v) is 10.2. The van der Waals surface area contributed by atoms with E-state index in [0.29, 0.717) is 5.41 Å². The topological polar surface area (TPSA) is 41.1 Å². The van der Waals surface area contributed by atoms with Crippen LogP contribution in [0.15, 0.2) is 18.2 Å². The molecule has 3 nitrogen and oxygen atoms in total. The summed E-state index contributed by atoms with van der Waals surface area (Å²) >= 11 is 0. The van der Waals surface area contributed by atoms with Gasteiger partial charge in [0.05, 0.1) is 0 Å². The van der Waals surface area contributed by atoms with Crippen LogP contribution in [0.1, 0.15) is 69.4 Å². The second kappa shape index (κ2) is 6.66. The van der Waals surface area contributed by atoms with Crippen LogP contribution in [0.5, 0.6) is 0 Å². The van der Waals surface area contributed by atoms with Gasteiger partial charge in [-0.25, -0.2) is 4.79 Å². The van der Waals surface area contributed by atoms with Crippen molar-refractivity contribution in [2.24, 2.45) is 17.8 Å². The quantitative estimate of drug-likeness (QED) is 0.694. The predicted octanol–water partition coefficient (Wildman–Crippen LogP) is 5.38. The largest absolute Gasteiger partial charge is 0.338 e. The molecule has 2 N–H and O–H groups in total. The van der Waals surface area contributed by atoms with Crippen LogP contribution in [-0.4, -0.2) is 12.6 Å². The van der Waals surface area contributed by atoms with E-state index in [1.54, 1.807) is 0 Å². The maximum Gasteiger partial charge on any atom is 0.319 e. The number of aryl methyl sites for hydroxylation is 1. The molecule has 0 aliphatic heterocycles. The molecule has 5 rings (SSSR count). The number of amides is 2. The Morgan fingerprint density at radius 2 is 1.76 bits per heavy atom. The van der Waals surface area contributed by atoms with Crippen molar-refractivity contribution in [1.82, 2.24) is 5.32 Å². The highest BCUT2D eigenvalue weighted by molar-refractivity contribution is 5.90. The summed E-state index contributed by atoms with van der Waals surface area (Å²) in [6.45, 7) is 5.01. The van der Waals surface area contributed by atoms with Gasteiger partial charge >= 0.3 is 6.03 Å². The summed E-state index contributed by atoms with van der Waals surface area (Å²) in [4.78, 5) is 12.0. The van der Waals surface area contributed by atoms with E-state index in [-0.39, 0.29) is 6.03 Å². The number of hydrogen-bond acceptors (Lipinski definition) is 1.